The zero-order valence-corrected chi connectivity index (χ0v) is 14.3. The standard InChI is InChI=1S/C19H29NO2/c1-18(2,3)10-11-19(4,17(21)22)20-13-14-8-9-15-6-5-7-16(15)12-14/h8-9,12,20H,5-7,10-11,13H2,1-4H3,(H,21,22)/t19-/m1/s1. The fraction of sp³-hybridized carbons (Fsp3) is 0.632. The third-order valence-electron chi connectivity index (χ3n) is 4.69. The molecule has 1 aromatic carbocycles. The lowest BCUT2D eigenvalue weighted by molar-refractivity contribution is -0.144. The minimum absolute atomic E-state index is 0.145. The number of fused-ring (bicyclic) bond motifs is 1. The molecule has 122 valence electrons. The Hall–Kier alpha value is -1.35. The van der Waals surface area contributed by atoms with Crippen LogP contribution in [0.5, 0.6) is 0 Å². The van der Waals surface area contributed by atoms with Crippen LogP contribution in [0.15, 0.2) is 18.2 Å². The van der Waals surface area contributed by atoms with Gasteiger partial charge in [0.2, 0.25) is 0 Å². The van der Waals surface area contributed by atoms with E-state index in [1.165, 1.54) is 29.5 Å². The van der Waals surface area contributed by atoms with E-state index in [1.54, 1.807) is 6.92 Å². The summed E-state index contributed by atoms with van der Waals surface area (Å²) in [4.78, 5) is 11.7. The Morgan fingerprint density at radius 1 is 1.14 bits per heavy atom. The average Bonchev–Trinajstić information content (AvgIpc) is 2.89. The molecule has 0 unspecified atom stereocenters. The van der Waals surface area contributed by atoms with Crippen LogP contribution in [0.2, 0.25) is 0 Å². The Morgan fingerprint density at radius 3 is 2.45 bits per heavy atom. The fourth-order valence-corrected chi connectivity index (χ4v) is 2.93. The van der Waals surface area contributed by atoms with Gasteiger partial charge in [0.1, 0.15) is 5.54 Å². The van der Waals surface area contributed by atoms with Crippen LogP contribution in [-0.2, 0) is 24.2 Å². The number of hydrogen-bond acceptors (Lipinski definition) is 2. The van der Waals surface area contributed by atoms with Crippen molar-refractivity contribution in [2.75, 3.05) is 0 Å². The van der Waals surface area contributed by atoms with Crippen LogP contribution in [0.1, 0.15) is 63.6 Å². The maximum absolute atomic E-state index is 11.7. The van der Waals surface area contributed by atoms with E-state index in [1.807, 2.05) is 0 Å². The second-order valence-electron chi connectivity index (χ2n) is 8.01. The van der Waals surface area contributed by atoms with E-state index < -0.39 is 11.5 Å². The molecule has 1 aliphatic rings. The van der Waals surface area contributed by atoms with Crippen molar-refractivity contribution in [3.63, 3.8) is 0 Å². The number of carboxylic acids is 1. The molecule has 1 aromatic rings. The van der Waals surface area contributed by atoms with E-state index in [0.717, 1.165) is 12.8 Å². The van der Waals surface area contributed by atoms with Gasteiger partial charge in [-0.1, -0.05) is 39.0 Å². The average molecular weight is 303 g/mol. The second-order valence-corrected chi connectivity index (χ2v) is 8.01. The summed E-state index contributed by atoms with van der Waals surface area (Å²) in [6.45, 7) is 8.86. The Morgan fingerprint density at radius 2 is 1.82 bits per heavy atom. The fourth-order valence-electron chi connectivity index (χ4n) is 2.93. The molecule has 0 aliphatic heterocycles. The number of carbonyl (C=O) groups is 1. The van der Waals surface area contributed by atoms with Gasteiger partial charge in [-0.2, -0.15) is 0 Å². The Kier molecular flexibility index (Phi) is 4.96. The number of nitrogens with one attached hydrogen (secondary N) is 1. The molecule has 0 heterocycles. The molecule has 0 saturated heterocycles. The van der Waals surface area contributed by atoms with Crippen LogP contribution in [0.25, 0.3) is 0 Å². The van der Waals surface area contributed by atoms with Crippen molar-refractivity contribution in [2.24, 2.45) is 5.41 Å². The second kappa shape index (κ2) is 6.41. The summed E-state index contributed by atoms with van der Waals surface area (Å²) in [6, 6.07) is 6.57. The van der Waals surface area contributed by atoms with Crippen molar-refractivity contribution in [1.29, 1.82) is 0 Å². The number of benzene rings is 1. The minimum atomic E-state index is -0.869. The molecule has 0 bridgehead atoms. The van der Waals surface area contributed by atoms with Crippen molar-refractivity contribution >= 4 is 5.97 Å². The van der Waals surface area contributed by atoms with Crippen molar-refractivity contribution in [1.82, 2.24) is 5.32 Å². The molecule has 0 amide bonds. The number of carboxylic acid groups (broad SMARTS) is 1. The van der Waals surface area contributed by atoms with Crippen LogP contribution in [0.3, 0.4) is 0 Å². The molecule has 22 heavy (non-hydrogen) atoms. The highest BCUT2D eigenvalue weighted by Crippen LogP contribution is 2.27. The van der Waals surface area contributed by atoms with Gasteiger partial charge >= 0.3 is 5.97 Å². The molecule has 0 spiro atoms. The molecule has 2 N–H and O–H groups in total. The lowest BCUT2D eigenvalue weighted by Crippen LogP contribution is -2.49. The summed E-state index contributed by atoms with van der Waals surface area (Å²) in [5, 5.41) is 12.9. The highest BCUT2D eigenvalue weighted by Gasteiger charge is 2.33. The quantitative estimate of drug-likeness (QED) is 0.837. The number of aryl methyl sites for hydroxylation is 2. The van der Waals surface area contributed by atoms with Gasteiger partial charge in [-0.25, -0.2) is 0 Å². The predicted octanol–water partition coefficient (Wildman–Crippen LogP) is 3.93. The molecule has 0 fully saturated rings. The van der Waals surface area contributed by atoms with Gasteiger partial charge in [0, 0.05) is 6.54 Å². The lowest BCUT2D eigenvalue weighted by atomic mass is 9.84. The largest absolute Gasteiger partial charge is 0.480 e. The van der Waals surface area contributed by atoms with Crippen LogP contribution < -0.4 is 5.32 Å². The molecule has 0 radical (unpaired) electrons. The third kappa shape index (κ3) is 4.33. The van der Waals surface area contributed by atoms with E-state index in [9.17, 15) is 9.90 Å². The van der Waals surface area contributed by atoms with Gasteiger partial charge in [0.05, 0.1) is 0 Å². The van der Waals surface area contributed by atoms with Crippen molar-refractivity contribution in [3.8, 4) is 0 Å². The zero-order valence-electron chi connectivity index (χ0n) is 14.3. The molecule has 0 saturated carbocycles. The summed E-state index contributed by atoms with van der Waals surface area (Å²) >= 11 is 0. The normalized spacial score (nSPS) is 17.1. The molecule has 3 nitrogen and oxygen atoms in total. The van der Waals surface area contributed by atoms with Gasteiger partial charge < -0.3 is 5.11 Å². The first kappa shape index (κ1) is 17.0. The topological polar surface area (TPSA) is 49.3 Å². The van der Waals surface area contributed by atoms with Crippen molar-refractivity contribution < 1.29 is 9.90 Å². The Labute approximate surface area is 134 Å². The highest BCUT2D eigenvalue weighted by molar-refractivity contribution is 5.78. The third-order valence-corrected chi connectivity index (χ3v) is 4.69. The zero-order chi connectivity index (χ0) is 16.4. The van der Waals surface area contributed by atoms with Crippen LogP contribution >= 0.6 is 0 Å². The maximum atomic E-state index is 11.7. The first-order chi connectivity index (χ1) is 10.2. The molecule has 1 atom stereocenters. The molecule has 3 heteroatoms. The van der Waals surface area contributed by atoms with Crippen LogP contribution in [0, 0.1) is 5.41 Å². The summed E-state index contributed by atoms with van der Waals surface area (Å²) < 4.78 is 0. The van der Waals surface area contributed by atoms with Crippen LogP contribution in [0.4, 0.5) is 0 Å². The molecule has 0 aromatic heterocycles. The highest BCUT2D eigenvalue weighted by atomic mass is 16.4. The van der Waals surface area contributed by atoms with Crippen molar-refractivity contribution in [3.05, 3.63) is 34.9 Å². The van der Waals surface area contributed by atoms with Gasteiger partial charge in [-0.15, -0.1) is 0 Å². The summed E-state index contributed by atoms with van der Waals surface area (Å²) in [6.07, 6.45) is 5.10. The first-order valence-electron chi connectivity index (χ1n) is 8.29. The summed E-state index contributed by atoms with van der Waals surface area (Å²) in [7, 11) is 0. The van der Waals surface area contributed by atoms with E-state index in [4.69, 9.17) is 0 Å². The van der Waals surface area contributed by atoms with Gasteiger partial charge in [0.15, 0.2) is 0 Å². The monoisotopic (exact) mass is 303 g/mol. The molecule has 1 aliphatic carbocycles. The van der Waals surface area contributed by atoms with Crippen LogP contribution in [-0.4, -0.2) is 16.6 Å². The minimum Gasteiger partial charge on any atom is -0.480 e. The Bertz CT molecular complexity index is 545. The molecular weight excluding hydrogens is 274 g/mol. The molecule has 2 rings (SSSR count). The number of rotatable bonds is 6. The number of aliphatic carboxylic acids is 1. The van der Waals surface area contributed by atoms with E-state index in [-0.39, 0.29) is 5.41 Å². The van der Waals surface area contributed by atoms with Gasteiger partial charge in [-0.05, 0) is 61.1 Å². The van der Waals surface area contributed by atoms with Crippen molar-refractivity contribution in [2.45, 2.75) is 71.9 Å². The van der Waals surface area contributed by atoms with Gasteiger partial charge in [0.25, 0.3) is 0 Å². The van der Waals surface area contributed by atoms with E-state index in [2.05, 4.69) is 44.3 Å². The summed E-state index contributed by atoms with van der Waals surface area (Å²) in [5.74, 6) is -0.766. The Balaban J connectivity index is 2.01. The number of hydrogen-bond donors (Lipinski definition) is 2. The molecular formula is C19H29NO2. The predicted molar refractivity (Wildman–Crippen MR) is 90.0 cm³/mol. The summed E-state index contributed by atoms with van der Waals surface area (Å²) in [5.41, 5.74) is 3.35. The first-order valence-corrected chi connectivity index (χ1v) is 8.29. The van der Waals surface area contributed by atoms with E-state index in [0.29, 0.717) is 13.0 Å². The van der Waals surface area contributed by atoms with E-state index >= 15 is 0 Å². The SMILES string of the molecule is CC(C)(C)CC[C@@](C)(NCc1ccc2c(c1)CCC2)C(=O)O. The lowest BCUT2D eigenvalue weighted by Gasteiger charge is -2.30. The van der Waals surface area contributed by atoms with Gasteiger partial charge in [-0.3, -0.25) is 10.1 Å². The maximum Gasteiger partial charge on any atom is 0.323 e. The smallest absolute Gasteiger partial charge is 0.323 e.